The van der Waals surface area contributed by atoms with E-state index in [1.165, 1.54) is 0 Å². The van der Waals surface area contributed by atoms with Crippen molar-refractivity contribution >= 4 is 11.9 Å². The van der Waals surface area contributed by atoms with E-state index in [1.807, 2.05) is 13.8 Å². The third kappa shape index (κ3) is 2.04. The number of ether oxygens (including phenoxy) is 1. The zero-order valence-electron chi connectivity index (χ0n) is 9.73. The van der Waals surface area contributed by atoms with Gasteiger partial charge in [0.25, 0.3) is 0 Å². The number of nitrogens with one attached hydrogen (secondary N) is 1. The van der Waals surface area contributed by atoms with Crippen LogP contribution in [0, 0.1) is 11.8 Å². The second-order valence-electron chi connectivity index (χ2n) is 4.71. The van der Waals surface area contributed by atoms with E-state index in [2.05, 4.69) is 5.32 Å². The molecule has 3 amide bonds. The van der Waals surface area contributed by atoms with E-state index in [4.69, 9.17) is 4.74 Å². The largest absolute Gasteiger partial charge is 0.381 e. The van der Waals surface area contributed by atoms with Gasteiger partial charge in [0.2, 0.25) is 5.91 Å². The van der Waals surface area contributed by atoms with Crippen molar-refractivity contribution in [3.05, 3.63) is 0 Å². The van der Waals surface area contributed by atoms with Crippen molar-refractivity contribution in [3.8, 4) is 0 Å². The summed E-state index contributed by atoms with van der Waals surface area (Å²) in [4.78, 5) is 24.8. The normalized spacial score (nSPS) is 32.8. The number of carbonyl (C=O) groups is 2. The van der Waals surface area contributed by atoms with Crippen molar-refractivity contribution < 1.29 is 14.3 Å². The van der Waals surface area contributed by atoms with Crippen molar-refractivity contribution in [1.82, 2.24) is 10.2 Å². The van der Waals surface area contributed by atoms with Gasteiger partial charge in [0.15, 0.2) is 0 Å². The van der Waals surface area contributed by atoms with E-state index < -0.39 is 0 Å². The number of hydrogen-bond donors (Lipinski definition) is 1. The summed E-state index contributed by atoms with van der Waals surface area (Å²) >= 11 is 0. The zero-order chi connectivity index (χ0) is 11.7. The Balaban J connectivity index is 2.02. The molecule has 2 aliphatic rings. The summed E-state index contributed by atoms with van der Waals surface area (Å²) in [6.07, 6.45) is 0.993. The number of urea groups is 1. The van der Waals surface area contributed by atoms with Crippen LogP contribution < -0.4 is 5.32 Å². The van der Waals surface area contributed by atoms with Crippen molar-refractivity contribution in [2.24, 2.45) is 11.8 Å². The Bertz CT molecular complexity index is 300. The molecule has 2 fully saturated rings. The van der Waals surface area contributed by atoms with Gasteiger partial charge in [-0.1, -0.05) is 6.92 Å². The Morgan fingerprint density at radius 3 is 2.88 bits per heavy atom. The summed E-state index contributed by atoms with van der Waals surface area (Å²) in [7, 11) is 0. The van der Waals surface area contributed by atoms with Gasteiger partial charge in [-0.05, 0) is 13.3 Å². The second-order valence-corrected chi connectivity index (χ2v) is 4.71. The van der Waals surface area contributed by atoms with E-state index in [0.29, 0.717) is 19.1 Å². The minimum Gasteiger partial charge on any atom is -0.381 e. The second kappa shape index (κ2) is 4.41. The number of nitrogens with zero attached hydrogens (tertiary/aromatic N) is 1. The molecule has 5 heteroatoms. The first-order valence-electron chi connectivity index (χ1n) is 5.79. The quantitative estimate of drug-likeness (QED) is 0.750. The predicted molar refractivity (Wildman–Crippen MR) is 57.8 cm³/mol. The maximum Gasteiger partial charge on any atom is 0.324 e. The monoisotopic (exact) mass is 226 g/mol. The highest BCUT2D eigenvalue weighted by atomic mass is 16.5. The zero-order valence-corrected chi connectivity index (χ0v) is 9.73. The number of hydrogen-bond acceptors (Lipinski definition) is 3. The van der Waals surface area contributed by atoms with Gasteiger partial charge in [0.1, 0.15) is 0 Å². The molecular weight excluding hydrogens is 208 g/mol. The Morgan fingerprint density at radius 2 is 2.25 bits per heavy atom. The van der Waals surface area contributed by atoms with Crippen LogP contribution in [0.25, 0.3) is 0 Å². The summed E-state index contributed by atoms with van der Waals surface area (Å²) < 4.78 is 5.33. The molecule has 1 N–H and O–H groups in total. The number of imide groups is 1. The maximum atomic E-state index is 11.7. The van der Waals surface area contributed by atoms with Gasteiger partial charge in [0.05, 0.1) is 12.5 Å². The van der Waals surface area contributed by atoms with E-state index in [-0.39, 0.29) is 23.9 Å². The van der Waals surface area contributed by atoms with Crippen LogP contribution in [0.3, 0.4) is 0 Å². The van der Waals surface area contributed by atoms with Crippen LogP contribution in [-0.2, 0) is 9.53 Å². The Hall–Kier alpha value is -1.10. The van der Waals surface area contributed by atoms with Crippen LogP contribution >= 0.6 is 0 Å². The third-order valence-electron chi connectivity index (χ3n) is 3.55. The first-order chi connectivity index (χ1) is 7.59. The summed E-state index contributed by atoms with van der Waals surface area (Å²) in [6, 6.07) is -0.124. The van der Waals surface area contributed by atoms with Gasteiger partial charge in [-0.15, -0.1) is 0 Å². The van der Waals surface area contributed by atoms with E-state index in [0.717, 1.165) is 13.0 Å². The average molecular weight is 226 g/mol. The van der Waals surface area contributed by atoms with Crippen molar-refractivity contribution in [3.63, 3.8) is 0 Å². The minimum absolute atomic E-state index is 0.123. The first kappa shape index (κ1) is 11.4. The molecule has 3 atom stereocenters. The van der Waals surface area contributed by atoms with Crippen molar-refractivity contribution in [2.75, 3.05) is 19.8 Å². The number of carbonyl (C=O) groups excluding carboxylic acids is 2. The van der Waals surface area contributed by atoms with E-state index >= 15 is 0 Å². The van der Waals surface area contributed by atoms with Crippen LogP contribution in [0.5, 0.6) is 0 Å². The topological polar surface area (TPSA) is 58.6 Å². The standard InChI is InChI=1S/C11H18N2O3/c1-7-5-13(11(15)12-10(7)14)8(2)9-3-4-16-6-9/h7-9H,3-6H2,1-2H3,(H,12,14,15). The molecule has 0 saturated carbocycles. The molecule has 0 aliphatic carbocycles. The number of amides is 3. The highest BCUT2D eigenvalue weighted by Crippen LogP contribution is 2.23. The molecule has 2 saturated heterocycles. The molecule has 0 aromatic rings. The lowest BCUT2D eigenvalue weighted by molar-refractivity contribution is -0.125. The highest BCUT2D eigenvalue weighted by molar-refractivity contribution is 5.97. The Kier molecular flexibility index (Phi) is 3.14. The fourth-order valence-electron chi connectivity index (χ4n) is 2.30. The fourth-order valence-corrected chi connectivity index (χ4v) is 2.30. The van der Waals surface area contributed by atoms with Crippen molar-refractivity contribution in [2.45, 2.75) is 26.3 Å². The molecule has 2 aliphatic heterocycles. The molecule has 5 nitrogen and oxygen atoms in total. The van der Waals surface area contributed by atoms with E-state index in [1.54, 1.807) is 4.90 Å². The Morgan fingerprint density at radius 1 is 1.50 bits per heavy atom. The van der Waals surface area contributed by atoms with Gasteiger partial charge in [-0.2, -0.15) is 0 Å². The molecular formula is C11H18N2O3. The molecule has 0 bridgehead atoms. The molecule has 2 heterocycles. The SMILES string of the molecule is CC1CN(C(C)C2CCOC2)C(=O)NC1=O. The van der Waals surface area contributed by atoms with Crippen LogP contribution in [-0.4, -0.2) is 42.6 Å². The highest BCUT2D eigenvalue weighted by Gasteiger charge is 2.36. The lowest BCUT2D eigenvalue weighted by Gasteiger charge is -2.37. The van der Waals surface area contributed by atoms with Crippen LogP contribution in [0.1, 0.15) is 20.3 Å². The van der Waals surface area contributed by atoms with Gasteiger partial charge < -0.3 is 9.64 Å². The molecule has 3 unspecified atom stereocenters. The molecule has 0 spiro atoms. The van der Waals surface area contributed by atoms with Gasteiger partial charge in [-0.25, -0.2) is 4.79 Å². The van der Waals surface area contributed by atoms with Crippen LogP contribution in [0.15, 0.2) is 0 Å². The van der Waals surface area contributed by atoms with Crippen molar-refractivity contribution in [1.29, 1.82) is 0 Å². The minimum atomic E-state index is -0.262. The van der Waals surface area contributed by atoms with Gasteiger partial charge in [0, 0.05) is 25.1 Å². The first-order valence-corrected chi connectivity index (χ1v) is 5.79. The van der Waals surface area contributed by atoms with Crippen LogP contribution in [0.4, 0.5) is 4.79 Å². The lowest BCUT2D eigenvalue weighted by atomic mass is 9.97. The fraction of sp³-hybridized carbons (Fsp3) is 0.818. The molecule has 2 rings (SSSR count). The molecule has 0 radical (unpaired) electrons. The predicted octanol–water partition coefficient (Wildman–Crippen LogP) is 0.599. The van der Waals surface area contributed by atoms with Crippen LogP contribution in [0.2, 0.25) is 0 Å². The molecule has 0 aromatic heterocycles. The molecule has 0 aromatic carbocycles. The summed E-state index contributed by atoms with van der Waals surface area (Å²) in [5.41, 5.74) is 0. The molecule has 90 valence electrons. The smallest absolute Gasteiger partial charge is 0.324 e. The van der Waals surface area contributed by atoms with Gasteiger partial charge >= 0.3 is 6.03 Å². The summed E-state index contributed by atoms with van der Waals surface area (Å²) in [6.45, 7) is 5.88. The third-order valence-corrected chi connectivity index (χ3v) is 3.55. The maximum absolute atomic E-state index is 11.7. The average Bonchev–Trinajstić information content (AvgIpc) is 2.75. The van der Waals surface area contributed by atoms with Gasteiger partial charge in [-0.3, -0.25) is 10.1 Å². The molecule has 16 heavy (non-hydrogen) atoms. The Labute approximate surface area is 95.1 Å². The summed E-state index contributed by atoms with van der Waals surface area (Å²) in [5, 5.41) is 2.39. The van der Waals surface area contributed by atoms with E-state index in [9.17, 15) is 9.59 Å². The summed E-state index contributed by atoms with van der Waals surface area (Å²) in [5.74, 6) is 0.102. The lowest BCUT2D eigenvalue weighted by Crippen LogP contribution is -2.57. The number of rotatable bonds is 2.